The first-order chi connectivity index (χ1) is 7.67. The molecule has 88 valence electrons. The Kier molecular flexibility index (Phi) is 4.57. The van der Waals surface area contributed by atoms with Crippen LogP contribution in [-0.4, -0.2) is 36.3 Å². The third kappa shape index (κ3) is 3.42. The minimum Gasteiger partial charge on any atom is -0.481 e. The van der Waals surface area contributed by atoms with Crippen molar-refractivity contribution in [2.24, 2.45) is 0 Å². The average Bonchev–Trinajstić information content (AvgIpc) is 2.28. The number of carbonyl (C=O) groups is 1. The predicted molar refractivity (Wildman–Crippen MR) is 60.9 cm³/mol. The fourth-order valence-corrected chi connectivity index (χ4v) is 1.44. The minimum absolute atomic E-state index is 0.0129. The van der Waals surface area contributed by atoms with E-state index in [0.717, 1.165) is 12.1 Å². The van der Waals surface area contributed by atoms with Crippen molar-refractivity contribution in [3.63, 3.8) is 0 Å². The molecule has 0 amide bonds. The summed E-state index contributed by atoms with van der Waals surface area (Å²) in [6, 6.07) is 3.51. The van der Waals surface area contributed by atoms with E-state index < -0.39 is 5.97 Å². The van der Waals surface area contributed by atoms with Crippen LogP contribution in [0.2, 0.25) is 0 Å². The van der Waals surface area contributed by atoms with E-state index in [4.69, 9.17) is 9.84 Å². The van der Waals surface area contributed by atoms with Gasteiger partial charge in [-0.3, -0.25) is 4.79 Å². The number of hydrogen-bond acceptors (Lipinski definition) is 4. The topological polar surface area (TPSA) is 62.7 Å². The third-order valence-corrected chi connectivity index (χ3v) is 2.11. The van der Waals surface area contributed by atoms with Crippen molar-refractivity contribution in [3.05, 3.63) is 18.3 Å². The number of carboxylic acids is 1. The van der Waals surface area contributed by atoms with Crippen LogP contribution in [0.1, 0.15) is 13.3 Å². The van der Waals surface area contributed by atoms with Gasteiger partial charge in [0.1, 0.15) is 6.54 Å². The van der Waals surface area contributed by atoms with Crippen molar-refractivity contribution in [2.45, 2.75) is 13.3 Å². The summed E-state index contributed by atoms with van der Waals surface area (Å²) in [5.74, 6) is -0.353. The zero-order chi connectivity index (χ0) is 12.0. The van der Waals surface area contributed by atoms with Crippen LogP contribution in [0, 0.1) is 0 Å². The van der Waals surface area contributed by atoms with Crippen molar-refractivity contribution >= 4 is 11.7 Å². The molecular weight excluding hydrogens is 208 g/mol. The van der Waals surface area contributed by atoms with Crippen molar-refractivity contribution in [3.8, 4) is 5.88 Å². The van der Waals surface area contributed by atoms with Gasteiger partial charge in [-0.2, -0.15) is 0 Å². The Hall–Kier alpha value is -1.78. The second-order valence-corrected chi connectivity index (χ2v) is 3.37. The van der Waals surface area contributed by atoms with Crippen molar-refractivity contribution in [1.29, 1.82) is 0 Å². The third-order valence-electron chi connectivity index (χ3n) is 2.11. The highest BCUT2D eigenvalue weighted by molar-refractivity contribution is 5.73. The van der Waals surface area contributed by atoms with Crippen LogP contribution >= 0.6 is 0 Å². The molecule has 0 fully saturated rings. The smallest absolute Gasteiger partial charge is 0.323 e. The van der Waals surface area contributed by atoms with Gasteiger partial charge in [0.2, 0.25) is 5.88 Å². The quantitative estimate of drug-likeness (QED) is 0.791. The number of anilines is 1. The Morgan fingerprint density at radius 1 is 1.62 bits per heavy atom. The first kappa shape index (κ1) is 12.3. The molecule has 0 unspecified atom stereocenters. The van der Waals surface area contributed by atoms with E-state index in [2.05, 4.69) is 4.98 Å². The maximum atomic E-state index is 10.7. The number of aromatic nitrogens is 1. The Morgan fingerprint density at radius 3 is 2.94 bits per heavy atom. The van der Waals surface area contributed by atoms with Crippen LogP contribution in [0.5, 0.6) is 5.88 Å². The Morgan fingerprint density at radius 2 is 2.38 bits per heavy atom. The molecule has 0 bridgehead atoms. The summed E-state index contributed by atoms with van der Waals surface area (Å²) in [7, 11) is 1.54. The second-order valence-electron chi connectivity index (χ2n) is 3.37. The highest BCUT2D eigenvalue weighted by Crippen LogP contribution is 2.18. The summed E-state index contributed by atoms with van der Waals surface area (Å²) in [5, 5.41) is 8.81. The number of rotatable bonds is 6. The fraction of sp³-hybridized carbons (Fsp3) is 0.455. The molecule has 0 aliphatic rings. The van der Waals surface area contributed by atoms with Crippen LogP contribution in [0.4, 0.5) is 5.69 Å². The van der Waals surface area contributed by atoms with Gasteiger partial charge in [-0.15, -0.1) is 0 Å². The van der Waals surface area contributed by atoms with E-state index in [1.54, 1.807) is 23.2 Å². The lowest BCUT2D eigenvalue weighted by Crippen LogP contribution is -2.30. The normalized spacial score (nSPS) is 9.88. The Balaban J connectivity index is 2.86. The molecule has 0 aromatic carbocycles. The van der Waals surface area contributed by atoms with Crippen molar-refractivity contribution < 1.29 is 14.6 Å². The molecule has 0 saturated carbocycles. The highest BCUT2D eigenvalue weighted by atomic mass is 16.5. The number of aliphatic carboxylic acids is 1. The van der Waals surface area contributed by atoms with Gasteiger partial charge >= 0.3 is 5.97 Å². The summed E-state index contributed by atoms with van der Waals surface area (Å²) in [4.78, 5) is 16.5. The van der Waals surface area contributed by atoms with Gasteiger partial charge in [-0.05, 0) is 12.5 Å². The molecule has 0 aliphatic heterocycles. The lowest BCUT2D eigenvalue weighted by Gasteiger charge is -2.22. The molecule has 5 heteroatoms. The van der Waals surface area contributed by atoms with Crippen LogP contribution < -0.4 is 9.64 Å². The molecule has 0 spiro atoms. The number of hydrogen-bond donors (Lipinski definition) is 1. The van der Waals surface area contributed by atoms with E-state index >= 15 is 0 Å². The van der Waals surface area contributed by atoms with Crippen LogP contribution in [0.3, 0.4) is 0 Å². The van der Waals surface area contributed by atoms with Gasteiger partial charge in [-0.25, -0.2) is 4.98 Å². The monoisotopic (exact) mass is 224 g/mol. The van der Waals surface area contributed by atoms with Crippen LogP contribution in [-0.2, 0) is 4.79 Å². The first-order valence-corrected chi connectivity index (χ1v) is 5.14. The van der Waals surface area contributed by atoms with E-state index in [9.17, 15) is 4.79 Å². The van der Waals surface area contributed by atoms with Gasteiger partial charge in [0.15, 0.2) is 0 Å². The predicted octanol–water partition coefficient (Wildman–Crippen LogP) is 1.39. The van der Waals surface area contributed by atoms with E-state index in [-0.39, 0.29) is 6.54 Å². The zero-order valence-electron chi connectivity index (χ0n) is 9.51. The molecule has 5 nitrogen and oxygen atoms in total. The molecule has 0 atom stereocenters. The van der Waals surface area contributed by atoms with Gasteiger partial charge in [0, 0.05) is 24.5 Å². The lowest BCUT2D eigenvalue weighted by atomic mass is 10.3. The highest BCUT2D eigenvalue weighted by Gasteiger charge is 2.10. The van der Waals surface area contributed by atoms with E-state index in [0.29, 0.717) is 12.4 Å². The molecule has 0 radical (unpaired) electrons. The number of methoxy groups -OCH3 is 1. The summed E-state index contributed by atoms with van der Waals surface area (Å²) < 4.78 is 5.00. The molecule has 1 N–H and O–H groups in total. The molecule has 1 aromatic rings. The molecule has 16 heavy (non-hydrogen) atoms. The van der Waals surface area contributed by atoms with Gasteiger partial charge in [0.25, 0.3) is 0 Å². The summed E-state index contributed by atoms with van der Waals surface area (Å²) in [5.41, 5.74) is 0.816. The minimum atomic E-state index is -0.843. The average molecular weight is 224 g/mol. The first-order valence-electron chi connectivity index (χ1n) is 5.14. The second kappa shape index (κ2) is 5.95. The zero-order valence-corrected chi connectivity index (χ0v) is 9.51. The molecular formula is C11H16N2O3. The number of pyridine rings is 1. The van der Waals surface area contributed by atoms with E-state index in [1.807, 2.05) is 6.92 Å². The maximum Gasteiger partial charge on any atom is 0.323 e. The van der Waals surface area contributed by atoms with Gasteiger partial charge < -0.3 is 14.7 Å². The van der Waals surface area contributed by atoms with Crippen LogP contribution in [0.25, 0.3) is 0 Å². The number of nitrogens with zero attached hydrogens (tertiary/aromatic N) is 2. The Bertz CT molecular complexity index is 355. The summed E-state index contributed by atoms with van der Waals surface area (Å²) in [6.07, 6.45) is 2.50. The number of ether oxygens (including phenoxy) is 1. The molecule has 1 rings (SSSR count). The summed E-state index contributed by atoms with van der Waals surface area (Å²) >= 11 is 0. The van der Waals surface area contributed by atoms with Gasteiger partial charge in [-0.1, -0.05) is 6.92 Å². The standard InChI is InChI=1S/C11H16N2O3/c1-3-6-13(8-11(14)15)9-4-5-12-10(7-9)16-2/h4-5,7H,3,6,8H2,1-2H3,(H,14,15). The molecule has 0 saturated heterocycles. The van der Waals surface area contributed by atoms with Gasteiger partial charge in [0.05, 0.1) is 7.11 Å². The molecule has 1 heterocycles. The Labute approximate surface area is 94.7 Å². The maximum absolute atomic E-state index is 10.7. The molecule has 0 aliphatic carbocycles. The van der Waals surface area contributed by atoms with Crippen LogP contribution in [0.15, 0.2) is 18.3 Å². The van der Waals surface area contributed by atoms with Crippen molar-refractivity contribution in [2.75, 3.05) is 25.1 Å². The fourth-order valence-electron chi connectivity index (χ4n) is 1.44. The van der Waals surface area contributed by atoms with Crippen molar-refractivity contribution in [1.82, 2.24) is 4.98 Å². The number of carboxylic acid groups (broad SMARTS) is 1. The largest absolute Gasteiger partial charge is 0.481 e. The summed E-state index contributed by atoms with van der Waals surface area (Å²) in [6.45, 7) is 2.69. The lowest BCUT2D eigenvalue weighted by molar-refractivity contribution is -0.135. The van der Waals surface area contributed by atoms with E-state index in [1.165, 1.54) is 7.11 Å². The SMILES string of the molecule is CCCN(CC(=O)O)c1ccnc(OC)c1. The molecule has 1 aromatic heterocycles.